The quantitative estimate of drug-likeness (QED) is 0.288. The number of aromatic nitrogens is 4. The van der Waals surface area contributed by atoms with E-state index in [9.17, 15) is 0 Å². The van der Waals surface area contributed by atoms with Crippen molar-refractivity contribution in [3.8, 4) is 23.0 Å². The highest BCUT2D eigenvalue weighted by atomic mass is 35.5. The van der Waals surface area contributed by atoms with Crippen molar-refractivity contribution in [2.45, 2.75) is 13.2 Å². The fraction of sp³-hybridized carbons (Fsp3) is 0.115. The van der Waals surface area contributed by atoms with Crippen LogP contribution in [0.15, 0.2) is 84.9 Å². The third-order valence-electron chi connectivity index (χ3n) is 5.19. The largest absolute Gasteiger partial charge is 0.473 e. The van der Waals surface area contributed by atoms with Gasteiger partial charge in [0.15, 0.2) is 5.65 Å². The summed E-state index contributed by atoms with van der Waals surface area (Å²) in [5, 5.41) is 5.96. The van der Waals surface area contributed by atoms with Crippen molar-refractivity contribution >= 4 is 22.6 Å². The van der Waals surface area contributed by atoms with Crippen LogP contribution in [0.4, 0.5) is 0 Å². The molecule has 5 rings (SSSR count). The van der Waals surface area contributed by atoms with Crippen LogP contribution in [-0.2, 0) is 20.3 Å². The molecule has 0 amide bonds. The molecule has 3 aromatic heterocycles. The number of rotatable bonds is 7. The van der Waals surface area contributed by atoms with Crippen LogP contribution in [0.2, 0.25) is 5.15 Å². The van der Waals surface area contributed by atoms with Crippen molar-refractivity contribution in [1.82, 2.24) is 19.7 Å². The van der Waals surface area contributed by atoms with Crippen molar-refractivity contribution in [3.05, 3.63) is 101 Å². The van der Waals surface area contributed by atoms with Gasteiger partial charge in [0.1, 0.15) is 24.1 Å². The molecule has 0 atom stereocenters. The highest BCUT2D eigenvalue weighted by Crippen LogP contribution is 2.35. The van der Waals surface area contributed by atoms with Crippen LogP contribution in [0.3, 0.4) is 0 Å². The molecular formula is C26H21ClN4O2. The first kappa shape index (κ1) is 21.0. The van der Waals surface area contributed by atoms with Gasteiger partial charge in [-0.15, -0.1) is 0 Å². The van der Waals surface area contributed by atoms with Crippen LogP contribution in [0.5, 0.6) is 11.8 Å². The van der Waals surface area contributed by atoms with E-state index in [0.717, 1.165) is 27.8 Å². The first-order valence-corrected chi connectivity index (χ1v) is 10.9. The number of benzene rings is 2. The Hall–Kier alpha value is -3.90. The summed E-state index contributed by atoms with van der Waals surface area (Å²) in [5.74, 6) is 0.923. The lowest BCUT2D eigenvalue weighted by Crippen LogP contribution is -2.02. The van der Waals surface area contributed by atoms with Gasteiger partial charge in [0.25, 0.3) is 0 Å². The van der Waals surface area contributed by atoms with E-state index in [4.69, 9.17) is 21.1 Å². The number of nitrogens with zero attached hydrogens (tertiary/aromatic N) is 4. The van der Waals surface area contributed by atoms with Gasteiger partial charge in [-0.1, -0.05) is 72.3 Å². The predicted octanol–water partition coefficient (Wildman–Crippen LogP) is 5.84. The number of fused-ring (bicyclic) bond motifs is 1. The first-order chi connectivity index (χ1) is 16.2. The van der Waals surface area contributed by atoms with E-state index in [1.165, 1.54) is 0 Å². The van der Waals surface area contributed by atoms with E-state index < -0.39 is 0 Å². The number of hydrogen-bond donors (Lipinski definition) is 0. The maximum Gasteiger partial charge on any atom is 0.226 e. The van der Waals surface area contributed by atoms with Gasteiger partial charge in [0, 0.05) is 18.5 Å². The molecule has 0 saturated carbocycles. The normalized spacial score (nSPS) is 11.0. The molecule has 0 fully saturated rings. The van der Waals surface area contributed by atoms with Crippen molar-refractivity contribution in [3.63, 3.8) is 0 Å². The molecular weight excluding hydrogens is 436 g/mol. The zero-order chi connectivity index (χ0) is 22.6. The Labute approximate surface area is 196 Å². The molecule has 6 nitrogen and oxygen atoms in total. The molecule has 0 bridgehead atoms. The summed E-state index contributed by atoms with van der Waals surface area (Å²) in [6, 6.07) is 27.3. The van der Waals surface area contributed by atoms with Gasteiger partial charge in [0.2, 0.25) is 11.8 Å². The topological polar surface area (TPSA) is 62.1 Å². The molecule has 3 heterocycles. The zero-order valence-corrected chi connectivity index (χ0v) is 18.7. The number of halogens is 1. The Morgan fingerprint density at radius 3 is 2.12 bits per heavy atom. The molecule has 0 aliphatic heterocycles. The van der Waals surface area contributed by atoms with Crippen LogP contribution in [0, 0.1) is 0 Å². The Balaban J connectivity index is 1.51. The molecule has 33 heavy (non-hydrogen) atoms. The highest BCUT2D eigenvalue weighted by Gasteiger charge is 2.18. The molecule has 0 unspecified atom stereocenters. The van der Waals surface area contributed by atoms with E-state index in [0.29, 0.717) is 35.8 Å². The summed E-state index contributed by atoms with van der Waals surface area (Å²) < 4.78 is 13.8. The molecule has 0 aliphatic carbocycles. The van der Waals surface area contributed by atoms with Crippen molar-refractivity contribution in [2.24, 2.45) is 7.05 Å². The first-order valence-electron chi connectivity index (χ1n) is 10.5. The molecule has 0 radical (unpaired) electrons. The van der Waals surface area contributed by atoms with Crippen LogP contribution in [0.25, 0.3) is 22.3 Å². The van der Waals surface area contributed by atoms with Crippen LogP contribution < -0.4 is 9.47 Å². The van der Waals surface area contributed by atoms with E-state index in [-0.39, 0.29) is 0 Å². The smallest absolute Gasteiger partial charge is 0.226 e. The fourth-order valence-corrected chi connectivity index (χ4v) is 3.70. The molecule has 0 N–H and O–H groups in total. The minimum atomic E-state index is 0.373. The molecule has 7 heteroatoms. The highest BCUT2D eigenvalue weighted by molar-refractivity contribution is 6.29. The average Bonchev–Trinajstić information content (AvgIpc) is 3.18. The van der Waals surface area contributed by atoms with Crippen molar-refractivity contribution in [1.29, 1.82) is 0 Å². The van der Waals surface area contributed by atoms with E-state index in [2.05, 4.69) is 15.1 Å². The van der Waals surface area contributed by atoms with Crippen LogP contribution in [-0.4, -0.2) is 19.7 Å². The average molecular weight is 457 g/mol. The SMILES string of the molecule is Cn1nc(-c2ccc(OCc3ccccc3)nc2OCc2ccccc2)c2ccc(Cl)nc21. The van der Waals surface area contributed by atoms with E-state index in [1.807, 2.05) is 85.9 Å². The Morgan fingerprint density at radius 1 is 0.758 bits per heavy atom. The van der Waals surface area contributed by atoms with Gasteiger partial charge in [-0.3, -0.25) is 0 Å². The molecule has 0 aliphatic rings. The standard InChI is InChI=1S/C26H21ClN4O2/c1-31-25-20(12-14-22(27)28-25)24(30-31)21-13-15-23(32-16-18-8-4-2-5-9-18)29-26(21)33-17-19-10-6-3-7-11-19/h2-15H,16-17H2,1H3. The van der Waals surface area contributed by atoms with Gasteiger partial charge < -0.3 is 9.47 Å². The number of ether oxygens (including phenoxy) is 2. The molecule has 0 saturated heterocycles. The second-order valence-corrected chi connectivity index (χ2v) is 7.92. The van der Waals surface area contributed by atoms with Crippen molar-refractivity contribution in [2.75, 3.05) is 0 Å². The predicted molar refractivity (Wildman–Crippen MR) is 128 cm³/mol. The minimum absolute atomic E-state index is 0.373. The lowest BCUT2D eigenvalue weighted by atomic mass is 10.1. The van der Waals surface area contributed by atoms with Crippen LogP contribution >= 0.6 is 11.6 Å². The molecule has 2 aromatic carbocycles. The Morgan fingerprint density at radius 2 is 1.42 bits per heavy atom. The van der Waals surface area contributed by atoms with Crippen LogP contribution in [0.1, 0.15) is 11.1 Å². The maximum atomic E-state index is 6.17. The summed E-state index contributed by atoms with van der Waals surface area (Å²) in [7, 11) is 1.84. The second-order valence-electron chi connectivity index (χ2n) is 7.53. The zero-order valence-electron chi connectivity index (χ0n) is 18.0. The van der Waals surface area contributed by atoms with Crippen molar-refractivity contribution < 1.29 is 9.47 Å². The van der Waals surface area contributed by atoms with E-state index in [1.54, 1.807) is 10.7 Å². The number of aryl methyl sites for hydroxylation is 1. The third kappa shape index (κ3) is 4.66. The monoisotopic (exact) mass is 456 g/mol. The Kier molecular flexibility index (Phi) is 5.91. The maximum absolute atomic E-state index is 6.17. The van der Waals surface area contributed by atoms with Gasteiger partial charge >= 0.3 is 0 Å². The summed E-state index contributed by atoms with van der Waals surface area (Å²) >= 11 is 6.10. The summed E-state index contributed by atoms with van der Waals surface area (Å²) in [6.07, 6.45) is 0. The lowest BCUT2D eigenvalue weighted by molar-refractivity contribution is 0.268. The second kappa shape index (κ2) is 9.30. The molecule has 164 valence electrons. The molecule has 0 spiro atoms. The number of pyridine rings is 2. The number of hydrogen-bond acceptors (Lipinski definition) is 5. The Bertz CT molecular complexity index is 1390. The third-order valence-corrected chi connectivity index (χ3v) is 5.40. The fourth-order valence-electron chi connectivity index (χ4n) is 3.56. The molecule has 5 aromatic rings. The lowest BCUT2D eigenvalue weighted by Gasteiger charge is -2.12. The summed E-state index contributed by atoms with van der Waals surface area (Å²) in [4.78, 5) is 9.08. The van der Waals surface area contributed by atoms with E-state index >= 15 is 0 Å². The summed E-state index contributed by atoms with van der Waals surface area (Å²) in [6.45, 7) is 0.790. The van der Waals surface area contributed by atoms with Gasteiger partial charge in [-0.05, 0) is 29.3 Å². The van der Waals surface area contributed by atoms with Gasteiger partial charge in [0.05, 0.1) is 5.56 Å². The van der Waals surface area contributed by atoms with Gasteiger partial charge in [-0.25, -0.2) is 9.67 Å². The summed E-state index contributed by atoms with van der Waals surface area (Å²) in [5.41, 5.74) is 4.28. The minimum Gasteiger partial charge on any atom is -0.473 e. The van der Waals surface area contributed by atoms with Gasteiger partial charge in [-0.2, -0.15) is 10.1 Å².